The van der Waals surface area contributed by atoms with Gasteiger partial charge in [0.05, 0.1) is 7.05 Å². The molecular weight excluding hydrogens is 332 g/mol. The van der Waals surface area contributed by atoms with Crippen molar-refractivity contribution in [3.8, 4) is 11.5 Å². The van der Waals surface area contributed by atoms with Crippen molar-refractivity contribution in [1.82, 2.24) is 0 Å². The summed E-state index contributed by atoms with van der Waals surface area (Å²) in [6.45, 7) is 4.32. The molecule has 1 unspecified atom stereocenters. The van der Waals surface area contributed by atoms with E-state index in [1.54, 1.807) is 24.3 Å². The Bertz CT molecular complexity index is 834. The maximum atomic E-state index is 12.6. The second-order valence-electron chi connectivity index (χ2n) is 6.56. The van der Waals surface area contributed by atoms with Gasteiger partial charge < -0.3 is 19.7 Å². The summed E-state index contributed by atoms with van der Waals surface area (Å²) in [5, 5.41) is 2.89. The molecular formula is C20H23N2O4+. The fourth-order valence-corrected chi connectivity index (χ4v) is 2.82. The average Bonchev–Trinajstić information content (AvgIpc) is 3.09. The van der Waals surface area contributed by atoms with Crippen molar-refractivity contribution in [2.24, 2.45) is 0 Å². The van der Waals surface area contributed by atoms with Crippen LogP contribution in [-0.4, -0.2) is 31.6 Å². The van der Waals surface area contributed by atoms with E-state index in [2.05, 4.69) is 5.32 Å². The molecule has 0 fully saturated rings. The third-order valence-corrected chi connectivity index (χ3v) is 4.59. The normalized spacial score (nSPS) is 14.6. The number of hydrogen-bond acceptors (Lipinski definition) is 4. The Hall–Kier alpha value is -2.86. The largest absolute Gasteiger partial charge is 0.454 e. The van der Waals surface area contributed by atoms with Crippen molar-refractivity contribution < 1.29 is 24.0 Å². The fraction of sp³-hybridized carbons (Fsp3) is 0.300. The molecule has 6 heteroatoms. The van der Waals surface area contributed by atoms with Gasteiger partial charge in [0.1, 0.15) is 6.54 Å². The van der Waals surface area contributed by atoms with Crippen LogP contribution in [0.5, 0.6) is 11.5 Å². The highest BCUT2D eigenvalue weighted by atomic mass is 16.7. The highest BCUT2D eigenvalue weighted by Crippen LogP contribution is 2.32. The lowest BCUT2D eigenvalue weighted by Crippen LogP contribution is -3.12. The first-order chi connectivity index (χ1) is 12.4. The van der Waals surface area contributed by atoms with Crippen molar-refractivity contribution in [3.05, 3.63) is 53.6 Å². The minimum absolute atomic E-state index is 0.0281. The summed E-state index contributed by atoms with van der Waals surface area (Å²) < 4.78 is 10.7. The Labute approximate surface area is 152 Å². The van der Waals surface area contributed by atoms with Crippen LogP contribution in [0.15, 0.2) is 42.5 Å². The Morgan fingerprint density at radius 3 is 2.69 bits per heavy atom. The van der Waals surface area contributed by atoms with Crippen LogP contribution < -0.4 is 19.7 Å². The molecule has 0 saturated carbocycles. The van der Waals surface area contributed by atoms with Crippen molar-refractivity contribution >= 4 is 17.4 Å². The number of carbonyl (C=O) groups excluding carboxylic acids is 2. The molecule has 2 aromatic rings. The van der Waals surface area contributed by atoms with Gasteiger partial charge in [-0.2, -0.15) is 0 Å². The smallest absolute Gasteiger partial charge is 0.282 e. The Morgan fingerprint density at radius 2 is 1.92 bits per heavy atom. The van der Waals surface area contributed by atoms with E-state index in [4.69, 9.17) is 9.47 Å². The first kappa shape index (κ1) is 17.9. The zero-order chi connectivity index (χ0) is 18.7. The van der Waals surface area contributed by atoms with Crippen molar-refractivity contribution in [3.63, 3.8) is 0 Å². The standard InChI is InChI=1S/C20H22N2O4/c1-13(20(24)21-17-6-4-5-16(10-17)14(2)23)22(3)11-15-7-8-18-19(9-15)26-12-25-18/h4-10,13H,11-12H2,1-3H3,(H,21,24)/p+1/t13-/m1/s1. The molecule has 0 spiro atoms. The predicted octanol–water partition coefficient (Wildman–Crippen LogP) is 1.66. The summed E-state index contributed by atoms with van der Waals surface area (Å²) in [6.07, 6.45) is 0. The van der Waals surface area contributed by atoms with Crippen LogP contribution in [0.4, 0.5) is 5.69 Å². The van der Waals surface area contributed by atoms with Gasteiger partial charge in [-0.25, -0.2) is 0 Å². The number of benzene rings is 2. The number of ketones is 1. The Morgan fingerprint density at radius 1 is 1.15 bits per heavy atom. The van der Waals surface area contributed by atoms with E-state index in [-0.39, 0.29) is 24.5 Å². The first-order valence-electron chi connectivity index (χ1n) is 8.57. The van der Waals surface area contributed by atoms with E-state index in [0.717, 1.165) is 22.0 Å². The van der Waals surface area contributed by atoms with Crippen LogP contribution in [0.1, 0.15) is 29.8 Å². The van der Waals surface area contributed by atoms with Crippen LogP contribution in [0.3, 0.4) is 0 Å². The molecule has 0 aromatic heterocycles. The van der Waals surface area contributed by atoms with Crippen molar-refractivity contribution in [1.29, 1.82) is 0 Å². The van der Waals surface area contributed by atoms with E-state index >= 15 is 0 Å². The molecule has 1 heterocycles. The number of hydrogen-bond donors (Lipinski definition) is 2. The second kappa shape index (κ2) is 7.58. The number of carbonyl (C=O) groups is 2. The second-order valence-corrected chi connectivity index (χ2v) is 6.56. The van der Waals surface area contributed by atoms with Gasteiger partial charge in [0, 0.05) is 16.8 Å². The molecule has 0 aliphatic carbocycles. The molecule has 1 aliphatic rings. The quantitative estimate of drug-likeness (QED) is 0.774. The highest BCUT2D eigenvalue weighted by Gasteiger charge is 2.23. The zero-order valence-electron chi connectivity index (χ0n) is 15.2. The number of likely N-dealkylation sites (N-methyl/N-ethyl adjacent to an activating group) is 1. The molecule has 0 radical (unpaired) electrons. The topological polar surface area (TPSA) is 69.1 Å². The lowest BCUT2D eigenvalue weighted by atomic mass is 10.1. The number of quaternary nitrogens is 1. The van der Waals surface area contributed by atoms with Gasteiger partial charge in [-0.05, 0) is 44.2 Å². The maximum absolute atomic E-state index is 12.6. The molecule has 1 aliphatic heterocycles. The fourth-order valence-electron chi connectivity index (χ4n) is 2.82. The number of Topliss-reactive ketones (excluding diaryl/α,β-unsaturated/α-hetero) is 1. The predicted molar refractivity (Wildman–Crippen MR) is 97.7 cm³/mol. The molecule has 3 rings (SSSR count). The highest BCUT2D eigenvalue weighted by molar-refractivity contribution is 5.97. The minimum Gasteiger partial charge on any atom is -0.454 e. The molecule has 136 valence electrons. The van der Waals surface area contributed by atoms with E-state index in [0.29, 0.717) is 17.8 Å². The van der Waals surface area contributed by atoms with E-state index < -0.39 is 0 Å². The van der Waals surface area contributed by atoms with Crippen LogP contribution in [0.25, 0.3) is 0 Å². The lowest BCUT2D eigenvalue weighted by Gasteiger charge is -2.21. The monoisotopic (exact) mass is 355 g/mol. The third kappa shape index (κ3) is 4.03. The number of ether oxygens (including phenoxy) is 2. The van der Waals surface area contributed by atoms with Crippen LogP contribution >= 0.6 is 0 Å². The Kier molecular flexibility index (Phi) is 5.23. The summed E-state index contributed by atoms with van der Waals surface area (Å²) in [6, 6.07) is 12.5. The van der Waals surface area contributed by atoms with Gasteiger partial charge in [-0.1, -0.05) is 12.1 Å². The number of nitrogens with one attached hydrogen (secondary N) is 2. The number of rotatable bonds is 6. The van der Waals surface area contributed by atoms with Crippen molar-refractivity contribution in [2.75, 3.05) is 19.2 Å². The van der Waals surface area contributed by atoms with E-state index in [1.165, 1.54) is 6.92 Å². The zero-order valence-corrected chi connectivity index (χ0v) is 15.2. The third-order valence-electron chi connectivity index (χ3n) is 4.59. The van der Waals surface area contributed by atoms with Crippen molar-refractivity contribution in [2.45, 2.75) is 26.4 Å². The van der Waals surface area contributed by atoms with E-state index in [1.807, 2.05) is 32.2 Å². The molecule has 2 N–H and O–H groups in total. The number of anilines is 1. The van der Waals surface area contributed by atoms with Gasteiger partial charge in [-0.15, -0.1) is 0 Å². The molecule has 0 saturated heterocycles. The van der Waals surface area contributed by atoms with Crippen LogP contribution in [0.2, 0.25) is 0 Å². The van der Waals surface area contributed by atoms with Gasteiger partial charge in [0.2, 0.25) is 6.79 Å². The number of amides is 1. The Balaban J connectivity index is 1.62. The van der Waals surface area contributed by atoms with Gasteiger partial charge >= 0.3 is 0 Å². The molecule has 2 aromatic carbocycles. The first-order valence-corrected chi connectivity index (χ1v) is 8.57. The average molecular weight is 355 g/mol. The summed E-state index contributed by atoms with van der Waals surface area (Å²) in [5.74, 6) is 1.37. The maximum Gasteiger partial charge on any atom is 0.282 e. The minimum atomic E-state index is -0.263. The lowest BCUT2D eigenvalue weighted by molar-refractivity contribution is -0.907. The van der Waals surface area contributed by atoms with Gasteiger partial charge in [-0.3, -0.25) is 9.59 Å². The summed E-state index contributed by atoms with van der Waals surface area (Å²) >= 11 is 0. The molecule has 0 bridgehead atoms. The molecule has 2 atom stereocenters. The van der Waals surface area contributed by atoms with Gasteiger partial charge in [0.15, 0.2) is 23.3 Å². The summed E-state index contributed by atoms with van der Waals surface area (Å²) in [4.78, 5) is 25.1. The van der Waals surface area contributed by atoms with E-state index in [9.17, 15) is 9.59 Å². The molecule has 6 nitrogen and oxygen atoms in total. The molecule has 26 heavy (non-hydrogen) atoms. The SMILES string of the molecule is CC(=O)c1cccc(NC(=O)[C@@H](C)[NH+](C)Cc2ccc3c(c2)OCO3)c1. The summed E-state index contributed by atoms with van der Waals surface area (Å²) in [7, 11) is 1.97. The molecule has 1 amide bonds. The summed E-state index contributed by atoms with van der Waals surface area (Å²) in [5.41, 5.74) is 2.28. The number of fused-ring (bicyclic) bond motifs is 1. The van der Waals surface area contributed by atoms with Gasteiger partial charge in [0.25, 0.3) is 5.91 Å². The van der Waals surface area contributed by atoms with Crippen LogP contribution in [0, 0.1) is 0 Å². The van der Waals surface area contributed by atoms with Crippen LogP contribution in [-0.2, 0) is 11.3 Å².